The Labute approximate surface area is 152 Å². The Morgan fingerprint density at radius 1 is 1.04 bits per heavy atom. The molecule has 4 heteroatoms. The number of hydrogen-bond acceptors (Lipinski definition) is 3. The third-order valence-corrected chi connectivity index (χ3v) is 7.63. The third kappa shape index (κ3) is 1.99. The fraction of sp³-hybridized carbons (Fsp3) is 0.591. The van der Waals surface area contributed by atoms with Crippen LogP contribution in [0.25, 0.3) is 0 Å². The van der Waals surface area contributed by atoms with Gasteiger partial charge in [0, 0.05) is 11.3 Å². The van der Waals surface area contributed by atoms with Crippen LogP contribution in [-0.4, -0.2) is 5.78 Å². The fourth-order valence-electron chi connectivity index (χ4n) is 6.95. The first-order chi connectivity index (χ1) is 12.5. The molecule has 5 aliphatic carbocycles. The molecule has 0 aromatic heterocycles. The Morgan fingerprint density at radius 2 is 1.62 bits per heavy atom. The van der Waals surface area contributed by atoms with Gasteiger partial charge in [-0.05, 0) is 74.0 Å². The number of carbonyl (C=O) groups excluding carboxylic acids is 1. The lowest BCUT2D eigenvalue weighted by Crippen LogP contribution is -2.50. The van der Waals surface area contributed by atoms with E-state index in [0.717, 1.165) is 19.3 Å². The van der Waals surface area contributed by atoms with Gasteiger partial charge in [-0.25, -0.2) is 4.39 Å². The minimum absolute atomic E-state index is 0.119. The van der Waals surface area contributed by atoms with E-state index in [0.29, 0.717) is 23.3 Å². The van der Waals surface area contributed by atoms with Crippen LogP contribution in [0.2, 0.25) is 0 Å². The summed E-state index contributed by atoms with van der Waals surface area (Å²) >= 11 is 0. The molecule has 0 spiro atoms. The standard InChI is InChI=1S/C22H21FN2O/c23-17-3-1-2-16(7-17)18-19(22(18,11-24)12-25)20(26)21-8-13-4-14(9-21)6-15(5-13)10-21/h1-3,7,13-15,18-19H,4-6,8-10H2/t13?,14?,15?,18-,19-,21?/m0/s1. The van der Waals surface area contributed by atoms with Gasteiger partial charge in [0.25, 0.3) is 0 Å². The van der Waals surface area contributed by atoms with E-state index < -0.39 is 17.3 Å². The lowest BCUT2D eigenvalue weighted by molar-refractivity contribution is -0.145. The van der Waals surface area contributed by atoms with Gasteiger partial charge in [0.05, 0.1) is 18.1 Å². The van der Waals surface area contributed by atoms with Crippen LogP contribution in [0.1, 0.15) is 50.0 Å². The van der Waals surface area contributed by atoms with E-state index in [9.17, 15) is 19.7 Å². The number of Topliss-reactive ketones (excluding diaryl/α,β-unsaturated/α-hetero) is 1. The summed E-state index contributed by atoms with van der Waals surface area (Å²) < 4.78 is 13.7. The van der Waals surface area contributed by atoms with Gasteiger partial charge in [-0.2, -0.15) is 10.5 Å². The first-order valence-corrected chi connectivity index (χ1v) is 9.63. The number of carbonyl (C=O) groups is 1. The molecule has 5 fully saturated rings. The predicted molar refractivity (Wildman–Crippen MR) is 91.9 cm³/mol. The number of halogens is 1. The van der Waals surface area contributed by atoms with Crippen LogP contribution in [0.4, 0.5) is 4.39 Å². The van der Waals surface area contributed by atoms with Gasteiger partial charge < -0.3 is 0 Å². The molecule has 132 valence electrons. The molecule has 0 saturated heterocycles. The maximum Gasteiger partial charge on any atom is 0.161 e. The molecule has 5 aliphatic rings. The number of rotatable bonds is 3. The number of benzene rings is 1. The van der Waals surface area contributed by atoms with E-state index in [-0.39, 0.29) is 17.0 Å². The highest BCUT2D eigenvalue weighted by atomic mass is 19.1. The SMILES string of the molecule is N#CC1(C#N)[C@H](C(=O)C23CC4CC(CC(C4)C2)C3)[C@@H]1c1cccc(F)c1. The van der Waals surface area contributed by atoms with Gasteiger partial charge in [0.1, 0.15) is 11.6 Å². The normalized spacial score (nSPS) is 41.3. The first kappa shape index (κ1) is 16.0. The molecule has 0 N–H and O–H groups in total. The summed E-state index contributed by atoms with van der Waals surface area (Å²) in [7, 11) is 0. The van der Waals surface area contributed by atoms with Gasteiger partial charge in [0.15, 0.2) is 5.41 Å². The Balaban J connectivity index is 1.52. The van der Waals surface area contributed by atoms with Crippen molar-refractivity contribution >= 4 is 5.78 Å². The van der Waals surface area contributed by atoms with Gasteiger partial charge in [-0.15, -0.1) is 0 Å². The van der Waals surface area contributed by atoms with Crippen LogP contribution >= 0.6 is 0 Å². The van der Waals surface area contributed by atoms with Crippen LogP contribution in [0.3, 0.4) is 0 Å². The lowest BCUT2D eigenvalue weighted by atomic mass is 9.48. The number of nitriles is 2. The Hall–Kier alpha value is -2.20. The van der Waals surface area contributed by atoms with Crippen molar-refractivity contribution in [3.63, 3.8) is 0 Å². The third-order valence-electron chi connectivity index (χ3n) is 7.63. The molecule has 26 heavy (non-hydrogen) atoms. The molecule has 0 amide bonds. The minimum atomic E-state index is -1.33. The second-order valence-electron chi connectivity index (χ2n) is 9.17. The van der Waals surface area contributed by atoms with Crippen LogP contribution < -0.4 is 0 Å². The summed E-state index contributed by atoms with van der Waals surface area (Å²) in [4.78, 5) is 13.7. The molecule has 1 aromatic carbocycles. The minimum Gasteiger partial charge on any atom is -0.299 e. The Bertz CT molecular complexity index is 828. The van der Waals surface area contributed by atoms with Gasteiger partial charge in [0.2, 0.25) is 0 Å². The number of ketones is 1. The van der Waals surface area contributed by atoms with Crippen molar-refractivity contribution in [3.05, 3.63) is 35.6 Å². The molecular formula is C22H21FN2O. The van der Waals surface area contributed by atoms with Crippen LogP contribution in [0.15, 0.2) is 24.3 Å². The second kappa shape index (κ2) is 5.17. The van der Waals surface area contributed by atoms with E-state index in [1.54, 1.807) is 12.1 Å². The molecule has 4 bridgehead atoms. The van der Waals surface area contributed by atoms with Crippen molar-refractivity contribution in [1.82, 2.24) is 0 Å². The summed E-state index contributed by atoms with van der Waals surface area (Å²) in [5, 5.41) is 19.5. The number of nitrogens with zero attached hydrogens (tertiary/aromatic N) is 2. The summed E-state index contributed by atoms with van der Waals surface area (Å²) in [6.45, 7) is 0. The largest absolute Gasteiger partial charge is 0.299 e. The molecule has 0 unspecified atom stereocenters. The van der Waals surface area contributed by atoms with E-state index in [2.05, 4.69) is 12.1 Å². The summed E-state index contributed by atoms with van der Waals surface area (Å²) in [6, 6.07) is 10.3. The van der Waals surface area contributed by atoms with Crippen LogP contribution in [0.5, 0.6) is 0 Å². The van der Waals surface area contributed by atoms with Gasteiger partial charge >= 0.3 is 0 Å². The molecule has 0 radical (unpaired) electrons. The van der Waals surface area contributed by atoms with Crippen LogP contribution in [-0.2, 0) is 4.79 Å². The first-order valence-electron chi connectivity index (χ1n) is 9.63. The topological polar surface area (TPSA) is 64.7 Å². The maximum atomic E-state index is 13.7. The summed E-state index contributed by atoms with van der Waals surface area (Å²) in [5.74, 6) is 0.541. The maximum absolute atomic E-state index is 13.7. The molecule has 1 aromatic rings. The quantitative estimate of drug-likeness (QED) is 0.815. The van der Waals surface area contributed by atoms with E-state index in [4.69, 9.17) is 0 Å². The van der Waals surface area contributed by atoms with Crippen molar-refractivity contribution in [2.24, 2.45) is 34.5 Å². The highest BCUT2D eigenvalue weighted by Crippen LogP contribution is 2.70. The molecule has 3 nitrogen and oxygen atoms in total. The smallest absolute Gasteiger partial charge is 0.161 e. The highest BCUT2D eigenvalue weighted by Gasteiger charge is 2.73. The highest BCUT2D eigenvalue weighted by molar-refractivity contribution is 5.94. The molecular weight excluding hydrogens is 327 g/mol. The lowest BCUT2D eigenvalue weighted by Gasteiger charge is -2.56. The van der Waals surface area contributed by atoms with Gasteiger partial charge in [-0.1, -0.05) is 12.1 Å². The van der Waals surface area contributed by atoms with Crippen molar-refractivity contribution in [1.29, 1.82) is 10.5 Å². The van der Waals surface area contributed by atoms with Crippen molar-refractivity contribution in [2.75, 3.05) is 0 Å². The number of hydrogen-bond donors (Lipinski definition) is 0. The second-order valence-corrected chi connectivity index (χ2v) is 9.17. The Kier molecular flexibility index (Phi) is 3.18. The zero-order valence-electron chi connectivity index (χ0n) is 14.6. The summed E-state index contributed by atoms with van der Waals surface area (Å²) in [6.07, 6.45) is 6.51. The van der Waals surface area contributed by atoms with E-state index in [1.165, 1.54) is 31.4 Å². The van der Waals surface area contributed by atoms with Crippen LogP contribution in [0, 0.1) is 63.0 Å². The molecule has 0 aliphatic heterocycles. The Morgan fingerprint density at radius 3 is 2.12 bits per heavy atom. The summed E-state index contributed by atoms with van der Waals surface area (Å²) in [5.41, 5.74) is -1.05. The average Bonchev–Trinajstić information content (AvgIpc) is 3.29. The molecule has 0 heterocycles. The van der Waals surface area contributed by atoms with E-state index in [1.807, 2.05) is 0 Å². The molecule has 2 atom stereocenters. The van der Waals surface area contributed by atoms with Crippen molar-refractivity contribution < 1.29 is 9.18 Å². The molecule has 5 saturated carbocycles. The zero-order valence-corrected chi connectivity index (χ0v) is 14.6. The average molecular weight is 348 g/mol. The van der Waals surface area contributed by atoms with Crippen molar-refractivity contribution in [3.8, 4) is 12.1 Å². The fourth-order valence-corrected chi connectivity index (χ4v) is 6.95. The van der Waals surface area contributed by atoms with Crippen molar-refractivity contribution in [2.45, 2.75) is 44.4 Å². The monoisotopic (exact) mass is 348 g/mol. The zero-order chi connectivity index (χ0) is 18.1. The predicted octanol–water partition coefficient (Wildman–Crippen LogP) is 4.36. The van der Waals surface area contributed by atoms with Gasteiger partial charge in [-0.3, -0.25) is 4.79 Å². The molecule has 6 rings (SSSR count). The van der Waals surface area contributed by atoms with E-state index >= 15 is 0 Å².